The molecule has 0 amide bonds. The molecule has 1 aliphatic heterocycles. The van der Waals surface area contributed by atoms with Gasteiger partial charge in [0.05, 0.1) is 6.10 Å². The van der Waals surface area contributed by atoms with Crippen LogP contribution in [0.3, 0.4) is 0 Å². The van der Waals surface area contributed by atoms with Crippen molar-refractivity contribution in [3.8, 4) is 0 Å². The summed E-state index contributed by atoms with van der Waals surface area (Å²) >= 11 is 0. The minimum atomic E-state index is -0.723. The van der Waals surface area contributed by atoms with Crippen molar-refractivity contribution in [3.63, 3.8) is 0 Å². The molecule has 0 spiro atoms. The van der Waals surface area contributed by atoms with Gasteiger partial charge in [0.1, 0.15) is 5.60 Å². The highest BCUT2D eigenvalue weighted by Crippen LogP contribution is 2.27. The molecule has 3 atom stereocenters. The molecule has 1 aromatic carbocycles. The van der Waals surface area contributed by atoms with Crippen molar-refractivity contribution in [2.75, 3.05) is 13.2 Å². The second kappa shape index (κ2) is 7.21. The molecule has 0 bridgehead atoms. The van der Waals surface area contributed by atoms with Gasteiger partial charge in [0.25, 0.3) is 0 Å². The molecule has 2 rings (SSSR count). The molecule has 3 unspecified atom stereocenters. The molecule has 3 nitrogen and oxygen atoms in total. The number of aliphatic hydroxyl groups is 1. The van der Waals surface area contributed by atoms with Gasteiger partial charge in [0, 0.05) is 25.6 Å². The van der Waals surface area contributed by atoms with E-state index in [0.717, 1.165) is 12.8 Å². The van der Waals surface area contributed by atoms with Crippen LogP contribution in [0.25, 0.3) is 0 Å². The van der Waals surface area contributed by atoms with E-state index in [-0.39, 0.29) is 6.10 Å². The van der Waals surface area contributed by atoms with Gasteiger partial charge in [0.15, 0.2) is 0 Å². The summed E-state index contributed by atoms with van der Waals surface area (Å²) in [5, 5.41) is 14.1. The Hall–Kier alpha value is -0.900. The summed E-state index contributed by atoms with van der Waals surface area (Å²) in [4.78, 5) is 0. The maximum atomic E-state index is 10.6. The van der Waals surface area contributed by atoms with Crippen molar-refractivity contribution in [2.24, 2.45) is 0 Å². The lowest BCUT2D eigenvalue weighted by molar-refractivity contribution is -0.0278. The number of hydrogen-bond acceptors (Lipinski definition) is 3. The van der Waals surface area contributed by atoms with Crippen LogP contribution in [0, 0.1) is 0 Å². The van der Waals surface area contributed by atoms with Gasteiger partial charge in [-0.25, -0.2) is 0 Å². The maximum Gasteiger partial charge on any atom is 0.105 e. The van der Waals surface area contributed by atoms with Crippen LogP contribution in [0.15, 0.2) is 30.3 Å². The highest BCUT2D eigenvalue weighted by atomic mass is 16.5. The van der Waals surface area contributed by atoms with Crippen molar-refractivity contribution >= 4 is 0 Å². The number of unbranched alkanes of at least 4 members (excludes halogenated alkanes) is 1. The number of nitrogens with one attached hydrogen (secondary N) is 1. The van der Waals surface area contributed by atoms with Gasteiger partial charge in [-0.2, -0.15) is 0 Å². The number of ether oxygens (including phenoxy) is 1. The highest BCUT2D eigenvalue weighted by Gasteiger charge is 2.39. The van der Waals surface area contributed by atoms with Crippen molar-refractivity contribution < 1.29 is 9.84 Å². The average Bonchev–Trinajstić information content (AvgIpc) is 2.80. The lowest BCUT2D eigenvalue weighted by Gasteiger charge is -2.29. The Bertz CT molecular complexity index is 395. The van der Waals surface area contributed by atoms with E-state index in [1.807, 2.05) is 13.0 Å². The SMILES string of the molecule is CCCCC(NCC1(O)CCOC1C)c1ccccc1. The Morgan fingerprint density at radius 2 is 2.15 bits per heavy atom. The standard InChI is InChI=1S/C17H27NO2/c1-3-4-10-16(15-8-6-5-7-9-15)18-13-17(19)11-12-20-14(17)2/h5-9,14,16,18-19H,3-4,10-13H2,1-2H3. The molecule has 0 aromatic heterocycles. The van der Waals surface area contributed by atoms with Crippen molar-refractivity contribution in [3.05, 3.63) is 35.9 Å². The van der Waals surface area contributed by atoms with E-state index < -0.39 is 5.60 Å². The summed E-state index contributed by atoms with van der Waals surface area (Å²) in [6.45, 7) is 5.42. The number of hydrogen-bond donors (Lipinski definition) is 2. The van der Waals surface area contributed by atoms with E-state index in [1.165, 1.54) is 18.4 Å². The van der Waals surface area contributed by atoms with Crippen LogP contribution >= 0.6 is 0 Å². The Kier molecular flexibility index (Phi) is 5.58. The van der Waals surface area contributed by atoms with Gasteiger partial charge in [0.2, 0.25) is 0 Å². The zero-order chi connectivity index (χ0) is 14.4. The first-order valence-electron chi connectivity index (χ1n) is 7.78. The molecule has 1 fully saturated rings. The zero-order valence-corrected chi connectivity index (χ0v) is 12.6. The van der Waals surface area contributed by atoms with Crippen molar-refractivity contribution in [1.82, 2.24) is 5.32 Å². The summed E-state index contributed by atoms with van der Waals surface area (Å²) in [6, 6.07) is 10.8. The van der Waals surface area contributed by atoms with Crippen LogP contribution < -0.4 is 5.32 Å². The van der Waals surface area contributed by atoms with E-state index in [2.05, 4.69) is 36.5 Å². The van der Waals surface area contributed by atoms with Crippen molar-refractivity contribution in [2.45, 2.75) is 57.3 Å². The van der Waals surface area contributed by atoms with Gasteiger partial charge < -0.3 is 15.2 Å². The Morgan fingerprint density at radius 3 is 2.75 bits per heavy atom. The fourth-order valence-electron chi connectivity index (χ4n) is 2.78. The maximum absolute atomic E-state index is 10.6. The molecule has 1 aromatic rings. The highest BCUT2D eigenvalue weighted by molar-refractivity contribution is 5.19. The molecule has 3 heteroatoms. The Labute approximate surface area is 122 Å². The van der Waals surface area contributed by atoms with E-state index in [9.17, 15) is 5.11 Å². The second-order valence-electron chi connectivity index (χ2n) is 5.85. The lowest BCUT2D eigenvalue weighted by atomic mass is 9.94. The minimum Gasteiger partial charge on any atom is -0.386 e. The predicted molar refractivity (Wildman–Crippen MR) is 81.7 cm³/mol. The van der Waals surface area contributed by atoms with Gasteiger partial charge in [-0.05, 0) is 18.9 Å². The van der Waals surface area contributed by atoms with Crippen LogP contribution in [0.4, 0.5) is 0 Å². The van der Waals surface area contributed by atoms with Crippen LogP contribution in [0.2, 0.25) is 0 Å². The summed E-state index contributed by atoms with van der Waals surface area (Å²) < 4.78 is 5.50. The molecule has 112 valence electrons. The zero-order valence-electron chi connectivity index (χ0n) is 12.6. The monoisotopic (exact) mass is 277 g/mol. The van der Waals surface area contributed by atoms with E-state index >= 15 is 0 Å². The lowest BCUT2D eigenvalue weighted by Crippen LogP contribution is -2.46. The van der Waals surface area contributed by atoms with Crippen LogP contribution in [-0.2, 0) is 4.74 Å². The largest absolute Gasteiger partial charge is 0.386 e. The second-order valence-corrected chi connectivity index (χ2v) is 5.85. The topological polar surface area (TPSA) is 41.5 Å². The summed E-state index contributed by atoms with van der Waals surface area (Å²) in [5.74, 6) is 0. The van der Waals surface area contributed by atoms with Gasteiger partial charge in [-0.1, -0.05) is 50.1 Å². The third-order valence-corrected chi connectivity index (χ3v) is 4.36. The Morgan fingerprint density at radius 1 is 1.40 bits per heavy atom. The fourth-order valence-corrected chi connectivity index (χ4v) is 2.78. The van der Waals surface area contributed by atoms with E-state index in [1.54, 1.807) is 0 Å². The van der Waals surface area contributed by atoms with Crippen LogP contribution in [0.5, 0.6) is 0 Å². The first-order chi connectivity index (χ1) is 9.65. The summed E-state index contributed by atoms with van der Waals surface area (Å²) in [6.07, 6.45) is 4.12. The summed E-state index contributed by atoms with van der Waals surface area (Å²) in [5.41, 5.74) is 0.579. The van der Waals surface area contributed by atoms with E-state index in [0.29, 0.717) is 19.2 Å². The molecular formula is C17H27NO2. The van der Waals surface area contributed by atoms with Crippen LogP contribution in [-0.4, -0.2) is 30.0 Å². The molecule has 1 saturated heterocycles. The Balaban J connectivity index is 1.97. The molecule has 0 aliphatic carbocycles. The molecule has 0 radical (unpaired) electrons. The quantitative estimate of drug-likeness (QED) is 0.805. The fraction of sp³-hybridized carbons (Fsp3) is 0.647. The molecular weight excluding hydrogens is 250 g/mol. The molecule has 1 heterocycles. The third kappa shape index (κ3) is 3.81. The first kappa shape index (κ1) is 15.5. The number of rotatable bonds is 7. The predicted octanol–water partition coefficient (Wildman–Crippen LogP) is 3.05. The van der Waals surface area contributed by atoms with Crippen molar-refractivity contribution in [1.29, 1.82) is 0 Å². The number of benzene rings is 1. The van der Waals surface area contributed by atoms with Gasteiger partial charge in [-0.15, -0.1) is 0 Å². The molecule has 0 saturated carbocycles. The normalized spacial score (nSPS) is 27.6. The third-order valence-electron chi connectivity index (χ3n) is 4.36. The van der Waals surface area contributed by atoms with Gasteiger partial charge in [-0.3, -0.25) is 0 Å². The first-order valence-corrected chi connectivity index (χ1v) is 7.78. The minimum absolute atomic E-state index is 0.0856. The smallest absolute Gasteiger partial charge is 0.105 e. The molecule has 1 aliphatic rings. The van der Waals surface area contributed by atoms with E-state index in [4.69, 9.17) is 4.74 Å². The molecule has 2 N–H and O–H groups in total. The average molecular weight is 277 g/mol. The molecule has 20 heavy (non-hydrogen) atoms. The van der Waals surface area contributed by atoms with Crippen LogP contribution in [0.1, 0.15) is 51.1 Å². The van der Waals surface area contributed by atoms with Gasteiger partial charge >= 0.3 is 0 Å². The summed E-state index contributed by atoms with van der Waals surface area (Å²) in [7, 11) is 0.